The van der Waals surface area contributed by atoms with Crippen molar-refractivity contribution in [2.45, 2.75) is 45.3 Å². The van der Waals surface area contributed by atoms with Crippen molar-refractivity contribution in [1.82, 2.24) is 5.43 Å². The van der Waals surface area contributed by atoms with Crippen molar-refractivity contribution in [3.63, 3.8) is 0 Å². The molecule has 0 heterocycles. The van der Waals surface area contributed by atoms with Gasteiger partial charge in [-0.15, -0.1) is 0 Å². The van der Waals surface area contributed by atoms with Gasteiger partial charge in [0.05, 0.1) is 6.10 Å². The maximum Gasteiger partial charge on any atom is 0.128 e. The molecule has 1 atom stereocenters. The summed E-state index contributed by atoms with van der Waals surface area (Å²) < 4.78 is 19.4. The van der Waals surface area contributed by atoms with Crippen molar-refractivity contribution in [2.75, 3.05) is 6.61 Å². The Balaban J connectivity index is 1.95. The van der Waals surface area contributed by atoms with E-state index in [2.05, 4.69) is 5.43 Å². The molecule has 2 rings (SSSR count). The highest BCUT2D eigenvalue weighted by Gasteiger charge is 2.32. The molecule has 106 valence electrons. The van der Waals surface area contributed by atoms with Crippen LogP contribution in [0.2, 0.25) is 0 Å². The third kappa shape index (κ3) is 3.53. The SMILES string of the molecule is CCOC1CC(CC(NN)c2cc(C)ccc2F)C1. The minimum Gasteiger partial charge on any atom is -0.378 e. The highest BCUT2D eigenvalue weighted by Crippen LogP contribution is 2.37. The van der Waals surface area contributed by atoms with Crippen LogP contribution in [0.1, 0.15) is 43.4 Å². The first-order valence-corrected chi connectivity index (χ1v) is 6.97. The van der Waals surface area contributed by atoms with Crippen LogP contribution in [-0.2, 0) is 4.74 Å². The molecule has 1 aliphatic carbocycles. The van der Waals surface area contributed by atoms with Crippen molar-refractivity contribution in [3.8, 4) is 0 Å². The molecule has 0 bridgehead atoms. The molecule has 0 aromatic heterocycles. The first-order chi connectivity index (χ1) is 9.13. The first kappa shape index (κ1) is 14.4. The summed E-state index contributed by atoms with van der Waals surface area (Å²) in [6.45, 7) is 4.74. The number of nitrogens with one attached hydrogen (secondary N) is 1. The van der Waals surface area contributed by atoms with Crippen LogP contribution in [0.3, 0.4) is 0 Å². The van der Waals surface area contributed by atoms with Crippen molar-refractivity contribution in [3.05, 3.63) is 35.1 Å². The molecule has 1 fully saturated rings. The van der Waals surface area contributed by atoms with Gasteiger partial charge in [-0.05, 0) is 45.1 Å². The van der Waals surface area contributed by atoms with E-state index < -0.39 is 0 Å². The molecule has 1 saturated carbocycles. The largest absolute Gasteiger partial charge is 0.378 e. The summed E-state index contributed by atoms with van der Waals surface area (Å²) in [6.07, 6.45) is 3.36. The van der Waals surface area contributed by atoms with Crippen LogP contribution >= 0.6 is 0 Å². The van der Waals surface area contributed by atoms with Gasteiger partial charge in [-0.25, -0.2) is 4.39 Å². The Morgan fingerprint density at radius 3 is 2.84 bits per heavy atom. The molecule has 0 radical (unpaired) electrons. The molecule has 0 aliphatic heterocycles. The highest BCUT2D eigenvalue weighted by molar-refractivity contribution is 5.27. The number of benzene rings is 1. The molecule has 0 spiro atoms. The Morgan fingerprint density at radius 1 is 1.47 bits per heavy atom. The Hall–Kier alpha value is -0.970. The molecule has 1 unspecified atom stereocenters. The Bertz CT molecular complexity index is 419. The normalized spacial score (nSPS) is 24.0. The third-order valence-corrected chi connectivity index (χ3v) is 3.89. The smallest absolute Gasteiger partial charge is 0.128 e. The van der Waals surface area contributed by atoms with E-state index in [1.165, 1.54) is 6.07 Å². The van der Waals surface area contributed by atoms with Gasteiger partial charge >= 0.3 is 0 Å². The molecular formula is C15H23FN2O. The van der Waals surface area contributed by atoms with E-state index in [-0.39, 0.29) is 11.9 Å². The maximum atomic E-state index is 13.9. The quantitative estimate of drug-likeness (QED) is 0.615. The van der Waals surface area contributed by atoms with Crippen molar-refractivity contribution < 1.29 is 9.13 Å². The van der Waals surface area contributed by atoms with Crippen LogP contribution in [0.4, 0.5) is 4.39 Å². The van der Waals surface area contributed by atoms with E-state index in [4.69, 9.17) is 10.6 Å². The average molecular weight is 266 g/mol. The fraction of sp³-hybridized carbons (Fsp3) is 0.600. The lowest BCUT2D eigenvalue weighted by atomic mass is 9.77. The molecule has 3 N–H and O–H groups in total. The molecule has 0 saturated heterocycles. The molecule has 0 amide bonds. The van der Waals surface area contributed by atoms with Gasteiger partial charge in [0.25, 0.3) is 0 Å². The molecule has 3 nitrogen and oxygen atoms in total. The molecule has 1 aromatic rings. The van der Waals surface area contributed by atoms with Crippen molar-refractivity contribution >= 4 is 0 Å². The maximum absolute atomic E-state index is 13.9. The van der Waals surface area contributed by atoms with E-state index in [0.717, 1.165) is 31.4 Å². The number of ether oxygens (including phenoxy) is 1. The average Bonchev–Trinajstić information content (AvgIpc) is 2.35. The van der Waals surface area contributed by atoms with Crippen LogP contribution in [0.5, 0.6) is 0 Å². The summed E-state index contributed by atoms with van der Waals surface area (Å²) in [5, 5.41) is 0. The van der Waals surface area contributed by atoms with E-state index in [1.54, 1.807) is 6.07 Å². The van der Waals surface area contributed by atoms with Crippen molar-refractivity contribution in [2.24, 2.45) is 11.8 Å². The number of aryl methyl sites for hydroxylation is 1. The number of hydrogen-bond donors (Lipinski definition) is 2. The number of hydrazine groups is 1. The summed E-state index contributed by atoms with van der Waals surface area (Å²) in [7, 11) is 0. The first-order valence-electron chi connectivity index (χ1n) is 6.97. The van der Waals surface area contributed by atoms with Crippen LogP contribution < -0.4 is 11.3 Å². The van der Waals surface area contributed by atoms with Crippen LogP contribution in [-0.4, -0.2) is 12.7 Å². The van der Waals surface area contributed by atoms with Gasteiger partial charge in [0.15, 0.2) is 0 Å². The lowest BCUT2D eigenvalue weighted by Gasteiger charge is -2.37. The minimum absolute atomic E-state index is 0.118. The lowest BCUT2D eigenvalue weighted by molar-refractivity contribution is -0.0292. The van der Waals surface area contributed by atoms with E-state index in [9.17, 15) is 4.39 Å². The summed E-state index contributed by atoms with van der Waals surface area (Å²) in [5.74, 6) is 5.98. The predicted molar refractivity (Wildman–Crippen MR) is 74.0 cm³/mol. The standard InChI is InChI=1S/C15H23FN2O/c1-3-19-12-7-11(8-12)9-15(18-17)13-6-10(2)4-5-14(13)16/h4-6,11-12,15,18H,3,7-9,17H2,1-2H3. The summed E-state index contributed by atoms with van der Waals surface area (Å²) in [5.41, 5.74) is 4.47. The number of rotatable bonds is 6. The summed E-state index contributed by atoms with van der Waals surface area (Å²) in [6, 6.07) is 5.05. The molecule has 19 heavy (non-hydrogen) atoms. The molecular weight excluding hydrogens is 243 g/mol. The second kappa shape index (κ2) is 6.46. The Labute approximate surface area is 114 Å². The van der Waals surface area contributed by atoms with Crippen molar-refractivity contribution in [1.29, 1.82) is 0 Å². The number of hydrogen-bond acceptors (Lipinski definition) is 3. The van der Waals surface area contributed by atoms with Gasteiger partial charge < -0.3 is 4.74 Å². The highest BCUT2D eigenvalue weighted by atomic mass is 19.1. The molecule has 1 aromatic carbocycles. The Kier molecular flexibility index (Phi) is 4.91. The van der Waals surface area contributed by atoms with Gasteiger partial charge in [0, 0.05) is 18.2 Å². The summed E-state index contributed by atoms with van der Waals surface area (Å²) in [4.78, 5) is 0. The topological polar surface area (TPSA) is 47.3 Å². The van der Waals surface area contributed by atoms with Gasteiger partial charge in [0.1, 0.15) is 5.82 Å². The third-order valence-electron chi connectivity index (χ3n) is 3.89. The van der Waals surface area contributed by atoms with E-state index in [1.807, 2.05) is 19.9 Å². The fourth-order valence-electron chi connectivity index (χ4n) is 2.79. The van der Waals surface area contributed by atoms with Gasteiger partial charge in [-0.1, -0.05) is 17.7 Å². The second-order valence-electron chi connectivity index (χ2n) is 5.39. The lowest BCUT2D eigenvalue weighted by Crippen LogP contribution is -2.37. The van der Waals surface area contributed by atoms with E-state index in [0.29, 0.717) is 17.6 Å². The zero-order chi connectivity index (χ0) is 13.8. The molecule has 4 heteroatoms. The zero-order valence-electron chi connectivity index (χ0n) is 11.7. The van der Waals surface area contributed by atoms with Gasteiger partial charge in [0.2, 0.25) is 0 Å². The zero-order valence-corrected chi connectivity index (χ0v) is 11.7. The van der Waals surface area contributed by atoms with Crippen LogP contribution in [0.25, 0.3) is 0 Å². The van der Waals surface area contributed by atoms with Gasteiger partial charge in [-0.3, -0.25) is 11.3 Å². The van der Waals surface area contributed by atoms with Gasteiger partial charge in [-0.2, -0.15) is 0 Å². The molecule has 1 aliphatic rings. The van der Waals surface area contributed by atoms with Crippen LogP contribution in [0, 0.1) is 18.7 Å². The van der Waals surface area contributed by atoms with Crippen LogP contribution in [0.15, 0.2) is 18.2 Å². The van der Waals surface area contributed by atoms with E-state index >= 15 is 0 Å². The number of halogens is 1. The monoisotopic (exact) mass is 266 g/mol. The summed E-state index contributed by atoms with van der Waals surface area (Å²) >= 11 is 0. The minimum atomic E-state index is -0.186. The number of nitrogens with two attached hydrogens (primary N) is 1. The second-order valence-corrected chi connectivity index (χ2v) is 5.39. The fourth-order valence-corrected chi connectivity index (χ4v) is 2.79. The Morgan fingerprint density at radius 2 is 2.21 bits per heavy atom. The predicted octanol–water partition coefficient (Wildman–Crippen LogP) is 2.84.